The lowest BCUT2D eigenvalue weighted by molar-refractivity contribution is -0.122. The van der Waals surface area contributed by atoms with Gasteiger partial charge < -0.3 is 15.4 Å². The molecule has 0 bridgehead atoms. The first-order valence-corrected chi connectivity index (χ1v) is 6.67. The van der Waals surface area contributed by atoms with Crippen LogP contribution in [0.25, 0.3) is 0 Å². The molecule has 5 heteroatoms. The summed E-state index contributed by atoms with van der Waals surface area (Å²) in [6, 6.07) is 0. The number of carbonyl (C=O) groups excluding carboxylic acids is 2. The molecule has 0 aromatic carbocycles. The van der Waals surface area contributed by atoms with E-state index in [2.05, 4.69) is 10.6 Å². The first-order chi connectivity index (χ1) is 8.58. The topological polar surface area (TPSA) is 67.4 Å². The lowest BCUT2D eigenvalue weighted by Gasteiger charge is -2.41. The number of hydrogen-bond donors (Lipinski definition) is 2. The molecule has 1 fully saturated rings. The fourth-order valence-electron chi connectivity index (χ4n) is 2.09. The van der Waals surface area contributed by atoms with E-state index in [-0.39, 0.29) is 17.2 Å². The van der Waals surface area contributed by atoms with Crippen molar-refractivity contribution in [3.05, 3.63) is 0 Å². The third-order valence-electron chi connectivity index (χ3n) is 3.41. The van der Waals surface area contributed by atoms with E-state index in [1.165, 1.54) is 13.3 Å². The fourth-order valence-corrected chi connectivity index (χ4v) is 2.09. The van der Waals surface area contributed by atoms with Crippen molar-refractivity contribution in [3.63, 3.8) is 0 Å². The maximum Gasteiger partial charge on any atom is 0.221 e. The second-order valence-corrected chi connectivity index (χ2v) is 5.00. The van der Waals surface area contributed by atoms with Crippen molar-refractivity contribution in [1.29, 1.82) is 0 Å². The van der Waals surface area contributed by atoms with Crippen LogP contribution in [0.4, 0.5) is 0 Å². The monoisotopic (exact) mass is 256 g/mol. The van der Waals surface area contributed by atoms with Crippen LogP contribution >= 0.6 is 0 Å². The van der Waals surface area contributed by atoms with Gasteiger partial charge in [0.1, 0.15) is 0 Å². The molecule has 5 nitrogen and oxygen atoms in total. The van der Waals surface area contributed by atoms with E-state index in [4.69, 9.17) is 4.74 Å². The van der Waals surface area contributed by atoms with Gasteiger partial charge in [-0.05, 0) is 19.8 Å². The highest BCUT2D eigenvalue weighted by Crippen LogP contribution is 2.40. The van der Waals surface area contributed by atoms with Crippen LogP contribution in [0.15, 0.2) is 0 Å². The number of hydrogen-bond acceptors (Lipinski definition) is 3. The zero-order valence-corrected chi connectivity index (χ0v) is 11.4. The molecule has 1 aliphatic carbocycles. The predicted molar refractivity (Wildman–Crippen MR) is 69.1 cm³/mol. The van der Waals surface area contributed by atoms with Crippen molar-refractivity contribution in [1.82, 2.24) is 10.6 Å². The molecule has 0 aromatic rings. The quantitative estimate of drug-likeness (QED) is 0.676. The summed E-state index contributed by atoms with van der Waals surface area (Å²) >= 11 is 0. The summed E-state index contributed by atoms with van der Waals surface area (Å²) in [5.41, 5.74) is 0.152. The molecule has 18 heavy (non-hydrogen) atoms. The average molecular weight is 256 g/mol. The van der Waals surface area contributed by atoms with E-state index in [9.17, 15) is 9.59 Å². The molecule has 0 unspecified atom stereocenters. The molecule has 0 spiro atoms. The zero-order chi connectivity index (χ0) is 13.4. The summed E-state index contributed by atoms with van der Waals surface area (Å²) in [6.07, 6.45) is 3.80. The highest BCUT2D eigenvalue weighted by atomic mass is 16.5. The Balaban J connectivity index is 2.17. The SMILES string of the molecule is CCOCC1(CNC(=O)CCNC(C)=O)CCC1. The molecule has 104 valence electrons. The Hall–Kier alpha value is -1.10. The van der Waals surface area contributed by atoms with E-state index >= 15 is 0 Å². The highest BCUT2D eigenvalue weighted by Gasteiger charge is 2.37. The van der Waals surface area contributed by atoms with Crippen molar-refractivity contribution in [2.75, 3.05) is 26.3 Å². The summed E-state index contributed by atoms with van der Waals surface area (Å²) in [6.45, 7) is 5.97. The second kappa shape index (κ2) is 7.36. The van der Waals surface area contributed by atoms with Gasteiger partial charge in [0, 0.05) is 38.5 Å². The molecule has 0 aliphatic heterocycles. The van der Waals surface area contributed by atoms with Gasteiger partial charge >= 0.3 is 0 Å². The van der Waals surface area contributed by atoms with Crippen LogP contribution in [-0.4, -0.2) is 38.1 Å². The number of ether oxygens (including phenoxy) is 1. The molecule has 0 saturated heterocycles. The van der Waals surface area contributed by atoms with Gasteiger partial charge in [0.15, 0.2) is 0 Å². The minimum absolute atomic E-state index is 0.00785. The Morgan fingerprint density at radius 1 is 1.28 bits per heavy atom. The van der Waals surface area contributed by atoms with Crippen LogP contribution in [0.1, 0.15) is 39.5 Å². The molecule has 2 N–H and O–H groups in total. The summed E-state index contributed by atoms with van der Waals surface area (Å²) < 4.78 is 5.48. The maximum atomic E-state index is 11.6. The molecular weight excluding hydrogens is 232 g/mol. The number of nitrogens with one attached hydrogen (secondary N) is 2. The normalized spacial score (nSPS) is 16.8. The lowest BCUT2D eigenvalue weighted by atomic mass is 9.69. The van der Waals surface area contributed by atoms with Gasteiger partial charge in [-0.2, -0.15) is 0 Å². The number of amides is 2. The van der Waals surface area contributed by atoms with Crippen molar-refractivity contribution in [3.8, 4) is 0 Å². The van der Waals surface area contributed by atoms with E-state index in [1.807, 2.05) is 6.92 Å². The first-order valence-electron chi connectivity index (χ1n) is 6.67. The van der Waals surface area contributed by atoms with Crippen molar-refractivity contribution >= 4 is 11.8 Å². The Morgan fingerprint density at radius 3 is 2.50 bits per heavy atom. The molecule has 1 rings (SSSR count). The van der Waals surface area contributed by atoms with Gasteiger partial charge in [-0.15, -0.1) is 0 Å². The Bertz CT molecular complexity index is 288. The van der Waals surface area contributed by atoms with E-state index < -0.39 is 0 Å². The Morgan fingerprint density at radius 2 is 2.00 bits per heavy atom. The largest absolute Gasteiger partial charge is 0.381 e. The molecular formula is C13H24N2O3. The van der Waals surface area contributed by atoms with Gasteiger partial charge in [-0.1, -0.05) is 6.42 Å². The second-order valence-electron chi connectivity index (χ2n) is 5.00. The molecule has 2 amide bonds. The molecule has 1 aliphatic rings. The van der Waals surface area contributed by atoms with Gasteiger partial charge in [-0.25, -0.2) is 0 Å². The van der Waals surface area contributed by atoms with Gasteiger partial charge in [0.05, 0.1) is 6.61 Å². The predicted octanol–water partition coefficient (Wildman–Crippen LogP) is 0.836. The molecule has 1 saturated carbocycles. The highest BCUT2D eigenvalue weighted by molar-refractivity contribution is 5.77. The van der Waals surface area contributed by atoms with Crippen LogP contribution in [0, 0.1) is 5.41 Å². The van der Waals surface area contributed by atoms with Crippen molar-refractivity contribution in [2.45, 2.75) is 39.5 Å². The minimum atomic E-state index is -0.102. The fraction of sp³-hybridized carbons (Fsp3) is 0.846. The summed E-state index contributed by atoms with van der Waals surface area (Å²) in [4.78, 5) is 22.2. The summed E-state index contributed by atoms with van der Waals surface area (Å²) in [7, 11) is 0. The third kappa shape index (κ3) is 5.04. The first kappa shape index (κ1) is 15.0. The molecule has 0 aromatic heterocycles. The Labute approximate surface area is 109 Å². The van der Waals surface area contributed by atoms with Crippen molar-refractivity contribution in [2.24, 2.45) is 5.41 Å². The Kier molecular flexibility index (Phi) is 6.12. The van der Waals surface area contributed by atoms with Gasteiger partial charge in [0.25, 0.3) is 0 Å². The van der Waals surface area contributed by atoms with Crippen LogP contribution in [0.2, 0.25) is 0 Å². The van der Waals surface area contributed by atoms with Crippen LogP contribution < -0.4 is 10.6 Å². The lowest BCUT2D eigenvalue weighted by Crippen LogP contribution is -2.45. The van der Waals surface area contributed by atoms with E-state index in [1.54, 1.807) is 0 Å². The van der Waals surface area contributed by atoms with Crippen LogP contribution in [-0.2, 0) is 14.3 Å². The standard InChI is InChI=1S/C13H24N2O3/c1-3-18-10-13(6-4-7-13)9-15-12(17)5-8-14-11(2)16/h3-10H2,1-2H3,(H,14,16)(H,15,17). The zero-order valence-electron chi connectivity index (χ0n) is 11.4. The van der Waals surface area contributed by atoms with Crippen LogP contribution in [0.3, 0.4) is 0 Å². The van der Waals surface area contributed by atoms with E-state index in [0.29, 0.717) is 19.5 Å². The molecule has 0 heterocycles. The molecule has 0 radical (unpaired) electrons. The summed E-state index contributed by atoms with van der Waals surface area (Å²) in [5, 5.41) is 5.55. The maximum absolute atomic E-state index is 11.6. The third-order valence-corrected chi connectivity index (χ3v) is 3.41. The molecule has 0 atom stereocenters. The van der Waals surface area contributed by atoms with Crippen LogP contribution in [0.5, 0.6) is 0 Å². The summed E-state index contributed by atoms with van der Waals surface area (Å²) in [5.74, 6) is -0.110. The number of carbonyl (C=O) groups is 2. The minimum Gasteiger partial charge on any atom is -0.381 e. The van der Waals surface area contributed by atoms with Gasteiger partial charge in [-0.3, -0.25) is 9.59 Å². The van der Waals surface area contributed by atoms with Gasteiger partial charge in [0.2, 0.25) is 11.8 Å². The van der Waals surface area contributed by atoms with E-state index in [0.717, 1.165) is 26.1 Å². The van der Waals surface area contributed by atoms with Crippen molar-refractivity contribution < 1.29 is 14.3 Å². The smallest absolute Gasteiger partial charge is 0.221 e. The average Bonchev–Trinajstić information content (AvgIpc) is 2.27. The number of rotatable bonds is 8.